The molecule has 0 radical (unpaired) electrons. The number of Topliss-reactive ketones (excluding diaryl/α,β-unsaturated/α-hetero) is 1. The molecule has 3 rings (SSSR count). The van der Waals surface area contributed by atoms with E-state index in [2.05, 4.69) is 9.46 Å². The fraction of sp³-hybridized carbons (Fsp3) is 0.364. The van der Waals surface area contributed by atoms with Gasteiger partial charge in [0.2, 0.25) is 10.0 Å². The van der Waals surface area contributed by atoms with Crippen LogP contribution in [-0.2, 0) is 25.7 Å². The van der Waals surface area contributed by atoms with E-state index in [1.54, 1.807) is 6.07 Å². The van der Waals surface area contributed by atoms with Gasteiger partial charge in [0.25, 0.3) is 0 Å². The SMILES string of the molecule is CCS(=O)(=O)NC(COc1cc(C(F)(F)F)ccc1C1CC(=O)c2cccc(Cl)c2O1)C(=O)OC. The molecule has 0 saturated carbocycles. The third kappa shape index (κ3) is 6.24. The predicted molar refractivity (Wildman–Crippen MR) is 119 cm³/mol. The molecule has 2 unspecified atom stereocenters. The van der Waals surface area contributed by atoms with E-state index < -0.39 is 46.5 Å². The van der Waals surface area contributed by atoms with Crippen LogP contribution in [0.1, 0.15) is 40.9 Å². The van der Waals surface area contributed by atoms with Crippen molar-refractivity contribution >= 4 is 33.4 Å². The third-order valence-electron chi connectivity index (χ3n) is 5.18. The molecule has 1 aliphatic heterocycles. The number of hydrogen-bond donors (Lipinski definition) is 1. The Morgan fingerprint density at radius 3 is 2.63 bits per heavy atom. The molecule has 0 aromatic heterocycles. The van der Waals surface area contributed by atoms with Crippen molar-refractivity contribution in [2.75, 3.05) is 19.5 Å². The molecular formula is C22H21ClF3NO7S. The van der Waals surface area contributed by atoms with Gasteiger partial charge in [-0.2, -0.15) is 17.9 Å². The second-order valence-corrected chi connectivity index (χ2v) is 9.96. The standard InChI is InChI=1S/C22H21ClF3NO7S/c1-3-35(30,31)27-16(21(29)32-2)11-33-18-9-12(22(24,25)26)7-8-14(18)19-10-17(28)13-5-4-6-15(23)20(13)34-19/h4-9,16,19,27H,3,10-11H2,1-2H3. The average molecular weight is 536 g/mol. The number of hydrogen-bond acceptors (Lipinski definition) is 7. The van der Waals surface area contributed by atoms with Crippen LogP contribution in [0.3, 0.4) is 0 Å². The number of sulfonamides is 1. The summed E-state index contributed by atoms with van der Waals surface area (Å²) >= 11 is 6.14. The number of nitrogens with one attached hydrogen (secondary N) is 1. The zero-order valence-electron chi connectivity index (χ0n) is 18.5. The molecule has 1 heterocycles. The number of esters is 1. The quantitative estimate of drug-likeness (QED) is 0.510. The van der Waals surface area contributed by atoms with Crippen molar-refractivity contribution in [1.82, 2.24) is 4.72 Å². The lowest BCUT2D eigenvalue weighted by atomic mass is 9.95. The molecule has 8 nitrogen and oxygen atoms in total. The van der Waals surface area contributed by atoms with E-state index in [1.807, 2.05) is 0 Å². The summed E-state index contributed by atoms with van der Waals surface area (Å²) in [6.07, 6.45) is -5.98. The Kier molecular flexibility index (Phi) is 7.97. The van der Waals surface area contributed by atoms with Gasteiger partial charge in [0.1, 0.15) is 24.2 Å². The molecule has 0 aliphatic carbocycles. The molecule has 190 valence electrons. The van der Waals surface area contributed by atoms with Crippen LogP contribution in [0.4, 0.5) is 13.2 Å². The van der Waals surface area contributed by atoms with Gasteiger partial charge in [-0.3, -0.25) is 9.59 Å². The van der Waals surface area contributed by atoms with E-state index in [1.165, 1.54) is 19.1 Å². The van der Waals surface area contributed by atoms with Crippen LogP contribution in [-0.4, -0.2) is 45.7 Å². The molecule has 0 spiro atoms. The largest absolute Gasteiger partial charge is 0.491 e. The Balaban J connectivity index is 1.97. The number of ketones is 1. The Bertz CT molecular complexity index is 1230. The fourth-order valence-electron chi connectivity index (χ4n) is 3.35. The first-order chi connectivity index (χ1) is 16.4. The van der Waals surface area contributed by atoms with Crippen LogP contribution in [0.2, 0.25) is 5.02 Å². The number of rotatable bonds is 8. The first kappa shape index (κ1) is 26.8. The molecule has 1 aliphatic rings. The molecule has 13 heteroatoms. The summed E-state index contributed by atoms with van der Waals surface area (Å²) in [4.78, 5) is 24.7. The van der Waals surface area contributed by atoms with E-state index in [0.29, 0.717) is 6.07 Å². The molecule has 2 atom stereocenters. The number of carbonyl (C=O) groups excluding carboxylic acids is 2. The zero-order chi connectivity index (χ0) is 26.0. The van der Waals surface area contributed by atoms with Gasteiger partial charge in [0.05, 0.1) is 35.4 Å². The first-order valence-corrected chi connectivity index (χ1v) is 12.3. The van der Waals surface area contributed by atoms with Crippen molar-refractivity contribution in [3.63, 3.8) is 0 Å². The summed E-state index contributed by atoms with van der Waals surface area (Å²) in [6.45, 7) is 0.654. The number of carbonyl (C=O) groups is 2. The van der Waals surface area contributed by atoms with Crippen LogP contribution in [0.25, 0.3) is 0 Å². The highest BCUT2D eigenvalue weighted by Gasteiger charge is 2.35. The maximum Gasteiger partial charge on any atom is 0.416 e. The molecule has 2 aromatic carbocycles. The summed E-state index contributed by atoms with van der Waals surface area (Å²) in [5.41, 5.74) is -0.734. The normalized spacial score (nSPS) is 16.7. The number of fused-ring (bicyclic) bond motifs is 1. The van der Waals surface area contributed by atoms with E-state index in [0.717, 1.165) is 19.2 Å². The molecule has 0 saturated heterocycles. The van der Waals surface area contributed by atoms with Crippen molar-refractivity contribution in [2.45, 2.75) is 31.7 Å². The van der Waals surface area contributed by atoms with Crippen LogP contribution in [0.5, 0.6) is 11.5 Å². The Hall–Kier alpha value is -2.83. The number of benzene rings is 2. The highest BCUT2D eigenvalue weighted by Crippen LogP contribution is 2.43. The second-order valence-electron chi connectivity index (χ2n) is 7.51. The lowest BCUT2D eigenvalue weighted by Gasteiger charge is -2.28. The summed E-state index contributed by atoms with van der Waals surface area (Å²) in [5, 5.41) is 0.148. The maximum atomic E-state index is 13.4. The van der Waals surface area contributed by atoms with Crippen molar-refractivity contribution < 1.29 is 45.4 Å². The van der Waals surface area contributed by atoms with Crippen LogP contribution >= 0.6 is 11.6 Å². The van der Waals surface area contributed by atoms with E-state index in [4.69, 9.17) is 21.1 Å². The lowest BCUT2D eigenvalue weighted by Crippen LogP contribution is -2.46. The van der Waals surface area contributed by atoms with Gasteiger partial charge in [0, 0.05) is 5.56 Å². The Morgan fingerprint density at radius 1 is 1.29 bits per heavy atom. The van der Waals surface area contributed by atoms with Gasteiger partial charge in [-0.15, -0.1) is 0 Å². The second kappa shape index (κ2) is 10.4. The summed E-state index contributed by atoms with van der Waals surface area (Å²) in [7, 11) is -2.86. The van der Waals surface area contributed by atoms with Gasteiger partial charge < -0.3 is 14.2 Å². The lowest BCUT2D eigenvalue weighted by molar-refractivity contribution is -0.143. The number of ether oxygens (including phenoxy) is 3. The molecule has 0 amide bonds. The number of para-hydroxylation sites is 1. The van der Waals surface area contributed by atoms with Gasteiger partial charge in [-0.1, -0.05) is 23.7 Å². The average Bonchev–Trinajstić information content (AvgIpc) is 2.81. The highest BCUT2D eigenvalue weighted by atomic mass is 35.5. The van der Waals surface area contributed by atoms with Crippen molar-refractivity contribution in [3.8, 4) is 11.5 Å². The highest BCUT2D eigenvalue weighted by molar-refractivity contribution is 7.89. The predicted octanol–water partition coefficient (Wildman–Crippen LogP) is 3.93. The molecule has 2 aromatic rings. The van der Waals surface area contributed by atoms with Gasteiger partial charge in [-0.05, 0) is 31.2 Å². The monoisotopic (exact) mass is 535 g/mol. The molecule has 35 heavy (non-hydrogen) atoms. The van der Waals surface area contributed by atoms with E-state index in [-0.39, 0.29) is 45.6 Å². The van der Waals surface area contributed by atoms with E-state index >= 15 is 0 Å². The van der Waals surface area contributed by atoms with E-state index in [9.17, 15) is 31.2 Å². The Labute approximate surface area is 204 Å². The number of methoxy groups -OCH3 is 1. The zero-order valence-corrected chi connectivity index (χ0v) is 20.1. The minimum Gasteiger partial charge on any atom is -0.491 e. The minimum atomic E-state index is -4.72. The summed E-state index contributed by atoms with van der Waals surface area (Å²) in [5.74, 6) is -1.96. The number of halogens is 4. The molecule has 0 bridgehead atoms. The van der Waals surface area contributed by atoms with Crippen molar-refractivity contribution in [2.24, 2.45) is 0 Å². The maximum absolute atomic E-state index is 13.4. The minimum absolute atomic E-state index is 0.0823. The van der Waals surface area contributed by atoms with Crippen molar-refractivity contribution in [1.29, 1.82) is 0 Å². The molecule has 1 N–H and O–H groups in total. The van der Waals surface area contributed by atoms with Gasteiger partial charge in [-0.25, -0.2) is 8.42 Å². The third-order valence-corrected chi connectivity index (χ3v) is 6.88. The van der Waals surface area contributed by atoms with Gasteiger partial charge >= 0.3 is 12.1 Å². The van der Waals surface area contributed by atoms with Crippen LogP contribution in [0.15, 0.2) is 36.4 Å². The van der Waals surface area contributed by atoms with Gasteiger partial charge in [0.15, 0.2) is 11.8 Å². The Morgan fingerprint density at radius 2 is 2.00 bits per heavy atom. The topological polar surface area (TPSA) is 108 Å². The van der Waals surface area contributed by atoms with Crippen LogP contribution < -0.4 is 14.2 Å². The number of alkyl halides is 3. The summed E-state index contributed by atoms with van der Waals surface area (Å²) in [6, 6.07) is 5.65. The molecule has 0 fully saturated rings. The molecular weight excluding hydrogens is 515 g/mol. The van der Waals surface area contributed by atoms with Crippen LogP contribution in [0, 0.1) is 0 Å². The fourth-order valence-corrected chi connectivity index (χ4v) is 4.33. The smallest absolute Gasteiger partial charge is 0.416 e. The van der Waals surface area contributed by atoms with Crippen molar-refractivity contribution in [3.05, 3.63) is 58.1 Å². The first-order valence-electron chi connectivity index (χ1n) is 10.3. The summed E-state index contributed by atoms with van der Waals surface area (Å²) < 4.78 is 82.0.